The van der Waals surface area contributed by atoms with Crippen molar-refractivity contribution in [3.8, 4) is 11.4 Å². The minimum atomic E-state index is 0.0508. The lowest BCUT2D eigenvalue weighted by molar-refractivity contribution is 0.0637. The van der Waals surface area contributed by atoms with Gasteiger partial charge < -0.3 is 14.5 Å². The van der Waals surface area contributed by atoms with E-state index in [9.17, 15) is 4.79 Å². The van der Waals surface area contributed by atoms with E-state index in [1.165, 1.54) is 12.8 Å². The Balaban J connectivity index is 1.58. The van der Waals surface area contributed by atoms with Gasteiger partial charge in [-0.3, -0.25) is 4.79 Å². The Kier molecular flexibility index (Phi) is 4.68. The molecule has 0 atom stereocenters. The molecule has 4 rings (SSSR count). The van der Waals surface area contributed by atoms with Gasteiger partial charge in [0.25, 0.3) is 5.91 Å². The summed E-state index contributed by atoms with van der Waals surface area (Å²) in [7, 11) is 1.66. The molecule has 2 aliphatic rings. The van der Waals surface area contributed by atoms with Gasteiger partial charge in [-0.05, 0) is 49.7 Å². The molecule has 0 spiro atoms. The highest BCUT2D eigenvalue weighted by molar-refractivity contribution is 5.92. The van der Waals surface area contributed by atoms with Gasteiger partial charge in [-0.1, -0.05) is 6.92 Å². The predicted octanol–water partition coefficient (Wildman–Crippen LogP) is 2.54. The van der Waals surface area contributed by atoms with E-state index in [2.05, 4.69) is 16.9 Å². The van der Waals surface area contributed by atoms with E-state index in [4.69, 9.17) is 4.74 Å². The topological polar surface area (TPSA) is 50.6 Å². The normalized spacial score (nSPS) is 18.2. The lowest BCUT2D eigenvalue weighted by atomic mass is 10.2. The molecule has 0 N–H and O–H groups in total. The van der Waals surface area contributed by atoms with Crippen molar-refractivity contribution in [2.24, 2.45) is 0 Å². The maximum absolute atomic E-state index is 12.9. The van der Waals surface area contributed by atoms with Crippen molar-refractivity contribution in [3.05, 3.63) is 41.7 Å². The van der Waals surface area contributed by atoms with Crippen LogP contribution in [0.15, 0.2) is 30.3 Å². The molecule has 26 heavy (non-hydrogen) atoms. The third kappa shape index (κ3) is 3.33. The molecule has 1 aliphatic carbocycles. The summed E-state index contributed by atoms with van der Waals surface area (Å²) in [6, 6.07) is 9.84. The Labute approximate surface area is 154 Å². The van der Waals surface area contributed by atoms with Crippen molar-refractivity contribution in [3.63, 3.8) is 0 Å². The van der Waals surface area contributed by atoms with Crippen molar-refractivity contribution in [1.82, 2.24) is 19.6 Å². The second-order valence-corrected chi connectivity index (χ2v) is 7.07. The minimum absolute atomic E-state index is 0.0508. The second-order valence-electron chi connectivity index (χ2n) is 7.07. The third-order valence-electron chi connectivity index (χ3n) is 5.38. The number of carbonyl (C=O) groups is 1. The molecule has 1 saturated heterocycles. The Bertz CT molecular complexity index is 772. The minimum Gasteiger partial charge on any atom is -0.497 e. The first-order valence-corrected chi connectivity index (χ1v) is 9.45. The zero-order valence-electron chi connectivity index (χ0n) is 15.5. The van der Waals surface area contributed by atoms with E-state index < -0.39 is 0 Å². The molecular formula is C20H26N4O2. The van der Waals surface area contributed by atoms with Gasteiger partial charge in [0.1, 0.15) is 5.75 Å². The van der Waals surface area contributed by atoms with Crippen LogP contribution in [0.25, 0.3) is 5.69 Å². The van der Waals surface area contributed by atoms with E-state index in [1.807, 2.05) is 39.9 Å². The van der Waals surface area contributed by atoms with Crippen LogP contribution in [-0.2, 0) is 0 Å². The standard InChI is InChI=1S/C20H26N4O2/c1-3-22-10-12-23(13-11-22)20(25)18-14-19(15-4-5-15)24(21-18)16-6-8-17(26-2)9-7-16/h6-9,14-15H,3-5,10-13H2,1-2H3. The highest BCUT2D eigenvalue weighted by atomic mass is 16.5. The van der Waals surface area contributed by atoms with E-state index in [0.717, 1.165) is 49.9 Å². The van der Waals surface area contributed by atoms with Crippen molar-refractivity contribution < 1.29 is 9.53 Å². The van der Waals surface area contributed by atoms with Crippen molar-refractivity contribution in [2.45, 2.75) is 25.7 Å². The average Bonchev–Trinajstić information content (AvgIpc) is 3.46. The molecule has 0 radical (unpaired) electrons. The molecule has 1 aromatic heterocycles. The molecule has 0 unspecified atom stereocenters. The van der Waals surface area contributed by atoms with Crippen LogP contribution in [0, 0.1) is 0 Å². The molecule has 0 bridgehead atoms. The van der Waals surface area contributed by atoms with Gasteiger partial charge in [-0.2, -0.15) is 5.10 Å². The van der Waals surface area contributed by atoms with Crippen LogP contribution in [0.5, 0.6) is 5.75 Å². The van der Waals surface area contributed by atoms with Crippen molar-refractivity contribution >= 4 is 5.91 Å². The van der Waals surface area contributed by atoms with E-state index in [-0.39, 0.29) is 5.91 Å². The highest BCUT2D eigenvalue weighted by Crippen LogP contribution is 2.41. The van der Waals surface area contributed by atoms with Crippen molar-refractivity contribution in [2.75, 3.05) is 39.8 Å². The number of piperazine rings is 1. The summed E-state index contributed by atoms with van der Waals surface area (Å²) in [5.74, 6) is 1.39. The number of amides is 1. The first-order chi connectivity index (χ1) is 12.7. The first-order valence-electron chi connectivity index (χ1n) is 9.45. The third-order valence-corrected chi connectivity index (χ3v) is 5.38. The number of benzene rings is 1. The summed E-state index contributed by atoms with van der Waals surface area (Å²) in [5.41, 5.74) is 2.68. The summed E-state index contributed by atoms with van der Waals surface area (Å²) < 4.78 is 7.18. The second kappa shape index (κ2) is 7.11. The van der Waals surface area contributed by atoms with E-state index >= 15 is 0 Å². The largest absolute Gasteiger partial charge is 0.497 e. The fraction of sp³-hybridized carbons (Fsp3) is 0.500. The van der Waals surface area contributed by atoms with Gasteiger partial charge in [-0.15, -0.1) is 0 Å². The fourth-order valence-corrected chi connectivity index (χ4v) is 3.53. The van der Waals surface area contributed by atoms with Crippen LogP contribution >= 0.6 is 0 Å². The Morgan fingerprint density at radius 1 is 1.15 bits per heavy atom. The molecule has 6 nitrogen and oxygen atoms in total. The molecule has 2 heterocycles. The molecule has 1 aromatic carbocycles. The molecule has 1 amide bonds. The summed E-state index contributed by atoms with van der Waals surface area (Å²) in [6.07, 6.45) is 2.34. The van der Waals surface area contributed by atoms with Crippen LogP contribution in [0.4, 0.5) is 0 Å². The van der Waals surface area contributed by atoms with Gasteiger partial charge in [-0.25, -0.2) is 4.68 Å². The average molecular weight is 354 g/mol. The van der Waals surface area contributed by atoms with E-state index in [0.29, 0.717) is 11.6 Å². The number of likely N-dealkylation sites (N-methyl/N-ethyl adjacent to an activating group) is 1. The van der Waals surface area contributed by atoms with Crippen LogP contribution < -0.4 is 4.74 Å². The van der Waals surface area contributed by atoms with Crippen molar-refractivity contribution in [1.29, 1.82) is 0 Å². The van der Waals surface area contributed by atoms with Crippen LogP contribution in [0.3, 0.4) is 0 Å². The Morgan fingerprint density at radius 3 is 2.42 bits per heavy atom. The number of carbonyl (C=O) groups excluding carboxylic acids is 1. The number of methoxy groups -OCH3 is 1. The number of rotatable bonds is 5. The Hall–Kier alpha value is -2.34. The van der Waals surface area contributed by atoms with Gasteiger partial charge in [0, 0.05) is 37.8 Å². The van der Waals surface area contributed by atoms with Crippen LogP contribution in [0.2, 0.25) is 0 Å². The lowest BCUT2D eigenvalue weighted by Gasteiger charge is -2.33. The lowest BCUT2D eigenvalue weighted by Crippen LogP contribution is -2.48. The van der Waals surface area contributed by atoms with E-state index in [1.54, 1.807) is 7.11 Å². The maximum atomic E-state index is 12.9. The summed E-state index contributed by atoms with van der Waals surface area (Å²) in [4.78, 5) is 17.3. The number of aromatic nitrogens is 2. The number of nitrogens with zero attached hydrogens (tertiary/aromatic N) is 4. The van der Waals surface area contributed by atoms with Crippen LogP contribution in [-0.4, -0.2) is 65.3 Å². The maximum Gasteiger partial charge on any atom is 0.274 e. The zero-order chi connectivity index (χ0) is 18.1. The summed E-state index contributed by atoms with van der Waals surface area (Å²) >= 11 is 0. The number of hydrogen-bond donors (Lipinski definition) is 0. The zero-order valence-corrected chi connectivity index (χ0v) is 15.5. The van der Waals surface area contributed by atoms with Gasteiger partial charge >= 0.3 is 0 Å². The first kappa shape index (κ1) is 17.1. The Morgan fingerprint density at radius 2 is 1.85 bits per heavy atom. The molecule has 138 valence electrons. The molecule has 6 heteroatoms. The monoisotopic (exact) mass is 354 g/mol. The quantitative estimate of drug-likeness (QED) is 0.828. The SMILES string of the molecule is CCN1CCN(C(=O)c2cc(C3CC3)n(-c3ccc(OC)cc3)n2)CC1. The molecule has 2 fully saturated rings. The predicted molar refractivity (Wildman–Crippen MR) is 100 cm³/mol. The van der Waals surface area contributed by atoms with Gasteiger partial charge in [0.15, 0.2) is 5.69 Å². The van der Waals surface area contributed by atoms with Gasteiger partial charge in [0.05, 0.1) is 12.8 Å². The molecule has 1 aliphatic heterocycles. The number of ether oxygens (including phenoxy) is 1. The molecule has 1 saturated carbocycles. The fourth-order valence-electron chi connectivity index (χ4n) is 3.53. The summed E-state index contributed by atoms with van der Waals surface area (Å²) in [5, 5.41) is 4.68. The highest BCUT2D eigenvalue weighted by Gasteiger charge is 2.31. The van der Waals surface area contributed by atoms with Gasteiger partial charge in [0.2, 0.25) is 0 Å². The van der Waals surface area contributed by atoms with Crippen LogP contribution in [0.1, 0.15) is 41.9 Å². The molecule has 2 aromatic rings. The summed E-state index contributed by atoms with van der Waals surface area (Å²) in [6.45, 7) is 6.64. The number of hydrogen-bond acceptors (Lipinski definition) is 4. The smallest absolute Gasteiger partial charge is 0.274 e. The molecular weight excluding hydrogens is 328 g/mol.